The van der Waals surface area contributed by atoms with Crippen LogP contribution in [0.4, 0.5) is 0 Å². The zero-order valence-electron chi connectivity index (χ0n) is 22.3. The molecule has 3 saturated heterocycles. The predicted molar refractivity (Wildman–Crippen MR) is 147 cm³/mol. The predicted octanol–water partition coefficient (Wildman–Crippen LogP) is 4.32. The van der Waals surface area contributed by atoms with Crippen LogP contribution in [0.25, 0.3) is 0 Å². The van der Waals surface area contributed by atoms with E-state index in [0.717, 1.165) is 25.7 Å². The van der Waals surface area contributed by atoms with Gasteiger partial charge in [-0.05, 0) is 44.9 Å². The molecule has 9 heteroatoms. The molecule has 0 radical (unpaired) electrons. The Bertz CT molecular complexity index is 875. The lowest BCUT2D eigenvalue weighted by atomic mass is 9.70. The number of carbonyl (C=O) groups excluding carboxylic acids is 2. The number of nitrogens with zero attached hydrogens (tertiary/aromatic N) is 2. The van der Waals surface area contributed by atoms with Crippen molar-refractivity contribution < 1.29 is 24.6 Å². The average Bonchev–Trinajstić information content (AvgIpc) is 3.33. The maximum atomic E-state index is 14.5. The molecule has 2 bridgehead atoms. The number of alkyl halides is 1. The maximum absolute atomic E-state index is 14.5. The van der Waals surface area contributed by atoms with Crippen LogP contribution in [0.1, 0.15) is 73.1 Å². The Morgan fingerprint density at radius 2 is 1.86 bits per heavy atom. The number of hydrogen-bond acceptors (Lipinski definition) is 5. The largest absolute Gasteiger partial charge is 0.481 e. The normalized spacial score (nSPS) is 31.6. The van der Waals surface area contributed by atoms with Gasteiger partial charge >= 0.3 is 5.97 Å². The van der Waals surface area contributed by atoms with E-state index >= 15 is 0 Å². The number of amides is 2. The smallest absolute Gasteiger partial charge is 0.308 e. The fraction of sp³-hybridized carbons (Fsp3) is 0.815. The van der Waals surface area contributed by atoms with E-state index in [1.807, 2.05) is 4.90 Å². The van der Waals surface area contributed by atoms with Crippen molar-refractivity contribution in [2.45, 2.75) is 99.5 Å². The quantitative estimate of drug-likeness (QED) is 0.201. The molecule has 0 saturated carbocycles. The van der Waals surface area contributed by atoms with Crippen LogP contribution in [-0.4, -0.2) is 83.9 Å². The Hall–Kier alpha value is -1.06. The number of halogens is 1. The van der Waals surface area contributed by atoms with Crippen molar-refractivity contribution in [1.29, 1.82) is 0 Å². The molecule has 36 heavy (non-hydrogen) atoms. The molecule has 3 unspecified atom stereocenters. The number of aliphatic carboxylic acids is 1. The fourth-order valence-corrected chi connectivity index (χ4v) is 10.6. The second kappa shape index (κ2) is 11.0. The second-order valence-corrected chi connectivity index (χ2v) is 15.2. The van der Waals surface area contributed by atoms with E-state index in [2.05, 4.69) is 57.1 Å². The van der Waals surface area contributed by atoms with E-state index in [-0.39, 0.29) is 33.9 Å². The minimum atomic E-state index is -0.955. The topological polar surface area (TPSA) is 98.2 Å². The summed E-state index contributed by atoms with van der Waals surface area (Å²) in [6.07, 6.45) is 6.22. The van der Waals surface area contributed by atoms with Gasteiger partial charge in [-0.3, -0.25) is 14.4 Å². The van der Waals surface area contributed by atoms with Crippen molar-refractivity contribution in [2.75, 3.05) is 19.7 Å². The molecular weight excluding hydrogens is 544 g/mol. The van der Waals surface area contributed by atoms with Crippen LogP contribution in [0.2, 0.25) is 0 Å². The van der Waals surface area contributed by atoms with Crippen molar-refractivity contribution in [1.82, 2.24) is 9.80 Å². The molecule has 3 rings (SSSR count). The highest BCUT2D eigenvalue weighted by Gasteiger charge is 2.76. The molecule has 0 aliphatic carbocycles. The average molecular weight is 588 g/mol. The van der Waals surface area contributed by atoms with Crippen molar-refractivity contribution in [3.05, 3.63) is 12.7 Å². The summed E-state index contributed by atoms with van der Waals surface area (Å²) in [5.41, 5.74) is -0.493. The van der Waals surface area contributed by atoms with Crippen LogP contribution >= 0.6 is 27.7 Å². The maximum Gasteiger partial charge on any atom is 0.308 e. The van der Waals surface area contributed by atoms with Crippen molar-refractivity contribution in [2.24, 2.45) is 17.3 Å². The van der Waals surface area contributed by atoms with Crippen LogP contribution in [0.15, 0.2) is 12.7 Å². The minimum Gasteiger partial charge on any atom is -0.481 e. The summed E-state index contributed by atoms with van der Waals surface area (Å²) < 4.78 is -0.752. The lowest BCUT2D eigenvalue weighted by Crippen LogP contribution is -2.60. The van der Waals surface area contributed by atoms with E-state index in [1.165, 1.54) is 0 Å². The highest BCUT2D eigenvalue weighted by Crippen LogP contribution is 2.68. The van der Waals surface area contributed by atoms with E-state index < -0.39 is 34.1 Å². The first kappa shape index (κ1) is 29.5. The zero-order valence-corrected chi connectivity index (χ0v) is 24.7. The minimum absolute atomic E-state index is 0.0160. The summed E-state index contributed by atoms with van der Waals surface area (Å²) in [5, 5.41) is 19.0. The van der Waals surface area contributed by atoms with Gasteiger partial charge in [0.1, 0.15) is 6.04 Å². The van der Waals surface area contributed by atoms with Gasteiger partial charge in [-0.2, -0.15) is 0 Å². The van der Waals surface area contributed by atoms with E-state index in [1.54, 1.807) is 22.7 Å². The van der Waals surface area contributed by atoms with Crippen LogP contribution in [0, 0.1) is 17.3 Å². The molecule has 0 aromatic carbocycles. The third-order valence-electron chi connectivity index (χ3n) is 7.89. The number of carbonyl (C=O) groups is 3. The van der Waals surface area contributed by atoms with Crippen LogP contribution < -0.4 is 0 Å². The summed E-state index contributed by atoms with van der Waals surface area (Å²) in [6.45, 7) is 15.4. The van der Waals surface area contributed by atoms with Crippen LogP contribution in [0.5, 0.6) is 0 Å². The molecule has 204 valence electrons. The van der Waals surface area contributed by atoms with Gasteiger partial charge in [0.05, 0.1) is 16.6 Å². The standard InChI is InChI=1S/C27H43BrN2O5S/c1-7-12-30(26(5,6)16-25(2,3)4)23(33)21-27-15-17(28)20(36-27)18(24(34)35)19(27)22(32)29(21)13-10-8-9-11-14-31/h7,17-21,31H,1,8-16H2,2-6H3,(H,34,35)/t17?,18-,19+,20-,21?,27?/m1/s1. The Morgan fingerprint density at radius 3 is 2.42 bits per heavy atom. The molecular formula is C27H43BrN2O5S. The lowest BCUT2D eigenvalue weighted by Gasteiger charge is -2.46. The Morgan fingerprint density at radius 1 is 1.22 bits per heavy atom. The molecule has 6 atom stereocenters. The van der Waals surface area contributed by atoms with Gasteiger partial charge in [-0.1, -0.05) is 55.6 Å². The molecule has 3 fully saturated rings. The first-order valence-corrected chi connectivity index (χ1v) is 14.9. The molecule has 1 spiro atoms. The number of fused-ring (bicyclic) bond motifs is 1. The molecule has 2 N–H and O–H groups in total. The molecule has 3 aliphatic rings. The number of likely N-dealkylation sites (tertiary alicyclic amines) is 1. The number of carboxylic acid groups (broad SMARTS) is 1. The van der Waals surface area contributed by atoms with Gasteiger partial charge in [0, 0.05) is 35.3 Å². The summed E-state index contributed by atoms with van der Waals surface area (Å²) in [5.74, 6) is -2.74. The Balaban J connectivity index is 2.02. The third kappa shape index (κ3) is 5.39. The molecule has 2 amide bonds. The van der Waals surface area contributed by atoms with Crippen LogP contribution in [0.3, 0.4) is 0 Å². The number of carboxylic acids is 1. The van der Waals surface area contributed by atoms with Crippen molar-refractivity contribution >= 4 is 45.5 Å². The van der Waals surface area contributed by atoms with Gasteiger partial charge in [0.25, 0.3) is 0 Å². The Kier molecular flexibility index (Phi) is 8.99. The summed E-state index contributed by atoms with van der Waals surface area (Å²) in [4.78, 5) is 44.3. The molecule has 3 heterocycles. The number of hydrogen-bond donors (Lipinski definition) is 2. The number of unbranched alkanes of at least 4 members (excludes halogenated alkanes) is 3. The van der Waals surface area contributed by atoms with E-state index in [9.17, 15) is 19.5 Å². The monoisotopic (exact) mass is 586 g/mol. The summed E-state index contributed by atoms with van der Waals surface area (Å²) in [7, 11) is 0. The Labute approximate surface area is 228 Å². The van der Waals surface area contributed by atoms with Gasteiger partial charge in [0.15, 0.2) is 0 Å². The van der Waals surface area contributed by atoms with Crippen molar-refractivity contribution in [3.8, 4) is 0 Å². The molecule has 0 aromatic rings. The fourth-order valence-electron chi connectivity index (χ4n) is 6.98. The van der Waals surface area contributed by atoms with Crippen LogP contribution in [-0.2, 0) is 14.4 Å². The number of rotatable bonds is 12. The van der Waals surface area contributed by atoms with Gasteiger partial charge < -0.3 is 20.0 Å². The van der Waals surface area contributed by atoms with E-state index in [0.29, 0.717) is 25.9 Å². The van der Waals surface area contributed by atoms with E-state index in [4.69, 9.17) is 5.11 Å². The first-order chi connectivity index (χ1) is 16.7. The van der Waals surface area contributed by atoms with Gasteiger partial charge in [-0.15, -0.1) is 18.3 Å². The molecule has 0 aromatic heterocycles. The molecule has 3 aliphatic heterocycles. The highest BCUT2D eigenvalue weighted by molar-refractivity contribution is 9.09. The molecule has 7 nitrogen and oxygen atoms in total. The first-order valence-electron chi connectivity index (χ1n) is 13.1. The zero-order chi connectivity index (χ0) is 27.1. The number of aliphatic hydroxyl groups is 1. The summed E-state index contributed by atoms with van der Waals surface area (Å²) in [6, 6.07) is -0.702. The summed E-state index contributed by atoms with van der Waals surface area (Å²) >= 11 is 5.25. The van der Waals surface area contributed by atoms with Gasteiger partial charge in [0.2, 0.25) is 11.8 Å². The number of aliphatic hydroxyl groups excluding tert-OH is 1. The van der Waals surface area contributed by atoms with Gasteiger partial charge in [-0.25, -0.2) is 0 Å². The third-order valence-corrected chi connectivity index (χ3v) is 11.1. The SMILES string of the molecule is C=CCN(C(=O)C1N(CCCCCCO)C(=O)[C@@H]2[C@@H](C(=O)O)[C@@H]3SC12CC3Br)C(C)(C)CC(C)(C)C. The van der Waals surface area contributed by atoms with Crippen molar-refractivity contribution in [3.63, 3.8) is 0 Å². The lowest BCUT2D eigenvalue weighted by molar-refractivity contribution is -0.149. The number of thioether (sulfide) groups is 1. The highest BCUT2D eigenvalue weighted by atomic mass is 79.9. The second-order valence-electron chi connectivity index (χ2n) is 12.5.